The summed E-state index contributed by atoms with van der Waals surface area (Å²) in [5.41, 5.74) is 6.17. The summed E-state index contributed by atoms with van der Waals surface area (Å²) in [6.45, 7) is 0.501. The normalized spacial score (nSPS) is 28.0. The van der Waals surface area contributed by atoms with Gasteiger partial charge in [-0.15, -0.1) is 11.8 Å². The summed E-state index contributed by atoms with van der Waals surface area (Å²) >= 11 is 1.73. The fourth-order valence-corrected chi connectivity index (χ4v) is 10.4. The van der Waals surface area contributed by atoms with Crippen molar-refractivity contribution in [3.63, 3.8) is 0 Å². The fraction of sp³-hybridized carbons (Fsp3) is 0.419. The Kier molecular flexibility index (Phi) is 10.1. The molecule has 0 unspecified atom stereocenters. The van der Waals surface area contributed by atoms with E-state index in [1.807, 2.05) is 42.5 Å². The predicted molar refractivity (Wildman–Crippen MR) is 200 cm³/mol. The highest BCUT2D eigenvalue weighted by atomic mass is 32.2. The van der Waals surface area contributed by atoms with Crippen molar-refractivity contribution in [2.45, 2.75) is 87.0 Å². The molecule has 5 fully saturated rings. The number of carbonyl (C=O) groups is 1. The molecule has 4 aromatic rings. The van der Waals surface area contributed by atoms with Gasteiger partial charge in [0.15, 0.2) is 6.29 Å². The maximum absolute atomic E-state index is 13.1. The van der Waals surface area contributed by atoms with Crippen LogP contribution in [0.5, 0.6) is 5.75 Å². The molecule has 4 bridgehead atoms. The number of para-hydroxylation sites is 1. The highest BCUT2D eigenvalue weighted by Crippen LogP contribution is 2.55. The first kappa shape index (κ1) is 34.3. The second kappa shape index (κ2) is 15.0. The molecule has 9 rings (SSSR count). The minimum absolute atomic E-state index is 0.00699. The van der Waals surface area contributed by atoms with Gasteiger partial charge in [-0.25, -0.2) is 4.79 Å². The summed E-state index contributed by atoms with van der Waals surface area (Å²) in [5.74, 6) is 4.01. The zero-order valence-electron chi connectivity index (χ0n) is 29.3. The standard InChI is InChI=1S/C43H48N2O5S/c1-48-38-7-2-3-8-40(38)51-27-37-21-39(34-11-9-28(26-46)10-12-34)50-41(49-37)35-15-13-33(14-16-35)36-6-4-5-29(20-36)25-44-42(47)45-43-22-30-17-31(23-43)19-32(18-30)24-43/h2-16,20,30-32,37,39,41,46H,17-19,21-27H2,1H3,(H2,44,45,47)/t30?,31?,32?,37-,39+,41+,43?/m1/s1. The Morgan fingerprint density at radius 2 is 1.51 bits per heavy atom. The minimum atomic E-state index is -0.526. The van der Waals surface area contributed by atoms with Gasteiger partial charge >= 0.3 is 6.03 Å². The predicted octanol–water partition coefficient (Wildman–Crippen LogP) is 8.96. The van der Waals surface area contributed by atoms with Crippen molar-refractivity contribution < 1.29 is 24.1 Å². The quantitative estimate of drug-likeness (QED) is 0.135. The van der Waals surface area contributed by atoms with Crippen molar-refractivity contribution in [2.75, 3.05) is 12.9 Å². The van der Waals surface area contributed by atoms with E-state index in [0.29, 0.717) is 6.54 Å². The van der Waals surface area contributed by atoms with Crippen LogP contribution in [0.1, 0.15) is 79.6 Å². The van der Waals surface area contributed by atoms with E-state index in [4.69, 9.17) is 14.2 Å². The van der Waals surface area contributed by atoms with Gasteiger partial charge < -0.3 is 30.0 Å². The van der Waals surface area contributed by atoms with Crippen LogP contribution in [0.4, 0.5) is 4.79 Å². The largest absolute Gasteiger partial charge is 0.496 e. The summed E-state index contributed by atoms with van der Waals surface area (Å²) in [7, 11) is 1.70. The van der Waals surface area contributed by atoms with Crippen molar-refractivity contribution in [1.29, 1.82) is 0 Å². The Bertz CT molecular complexity index is 1780. The number of amides is 2. The third-order valence-corrected chi connectivity index (χ3v) is 12.6. The van der Waals surface area contributed by atoms with Crippen LogP contribution in [0, 0.1) is 17.8 Å². The number of nitrogens with one attached hydrogen (secondary N) is 2. The van der Waals surface area contributed by atoms with E-state index in [9.17, 15) is 9.90 Å². The van der Waals surface area contributed by atoms with Crippen molar-refractivity contribution >= 4 is 17.8 Å². The molecule has 0 spiro atoms. The number of rotatable bonds is 11. The fourth-order valence-electron chi connectivity index (χ4n) is 9.37. The average molecular weight is 705 g/mol. The molecule has 4 aliphatic carbocycles. The maximum Gasteiger partial charge on any atom is 0.315 e. The molecule has 1 saturated heterocycles. The third-order valence-electron chi connectivity index (χ3n) is 11.4. The Balaban J connectivity index is 0.926. The van der Waals surface area contributed by atoms with E-state index >= 15 is 0 Å². The molecule has 8 heteroatoms. The Labute approximate surface area is 305 Å². The van der Waals surface area contributed by atoms with Gasteiger partial charge in [0.1, 0.15) is 5.75 Å². The number of benzene rings is 4. The van der Waals surface area contributed by atoms with Crippen LogP contribution in [0.3, 0.4) is 0 Å². The highest BCUT2D eigenvalue weighted by Gasteiger charge is 2.51. The second-order valence-corrected chi connectivity index (χ2v) is 16.2. The van der Waals surface area contributed by atoms with Crippen molar-refractivity contribution in [3.8, 4) is 16.9 Å². The van der Waals surface area contributed by atoms with Gasteiger partial charge in [0.2, 0.25) is 0 Å². The number of carbonyl (C=O) groups excluding carboxylic acids is 1. The van der Waals surface area contributed by atoms with Crippen LogP contribution >= 0.6 is 11.8 Å². The lowest BCUT2D eigenvalue weighted by Gasteiger charge is -2.56. The van der Waals surface area contributed by atoms with E-state index in [2.05, 4.69) is 65.2 Å². The first-order valence-electron chi connectivity index (χ1n) is 18.5. The molecular weight excluding hydrogens is 657 g/mol. The maximum atomic E-state index is 13.1. The van der Waals surface area contributed by atoms with Gasteiger partial charge in [-0.1, -0.05) is 78.9 Å². The number of thioether (sulfide) groups is 1. The Hall–Kier alpha value is -3.82. The van der Waals surface area contributed by atoms with Gasteiger partial charge in [0, 0.05) is 34.7 Å². The summed E-state index contributed by atoms with van der Waals surface area (Å²) in [4.78, 5) is 14.2. The van der Waals surface area contributed by atoms with Crippen LogP contribution in [0.15, 0.2) is 102 Å². The van der Waals surface area contributed by atoms with Crippen molar-refractivity contribution in [1.82, 2.24) is 10.6 Å². The van der Waals surface area contributed by atoms with E-state index < -0.39 is 6.29 Å². The number of aliphatic hydroxyl groups excluding tert-OH is 1. The third kappa shape index (κ3) is 7.85. The molecule has 0 aromatic heterocycles. The SMILES string of the molecule is COc1ccccc1SC[C@H]1C[C@@H](c2ccc(CO)cc2)O[C@@H](c2ccc(-c3cccc(CNC(=O)NC45CC6CC(CC(C6)C4)C5)c3)cc2)O1. The lowest BCUT2D eigenvalue weighted by Crippen LogP contribution is -2.61. The molecule has 3 N–H and O–H groups in total. The molecule has 51 heavy (non-hydrogen) atoms. The molecular formula is C43H48N2O5S. The number of hydrogen-bond acceptors (Lipinski definition) is 6. The molecule has 0 radical (unpaired) electrons. The molecule has 7 nitrogen and oxygen atoms in total. The van der Waals surface area contributed by atoms with Gasteiger partial charge in [-0.3, -0.25) is 0 Å². The molecule has 4 aromatic carbocycles. The zero-order chi connectivity index (χ0) is 34.8. The molecule has 5 aliphatic rings. The molecule has 1 heterocycles. The topological polar surface area (TPSA) is 89.0 Å². The number of ether oxygens (including phenoxy) is 3. The van der Waals surface area contributed by atoms with E-state index in [1.54, 1.807) is 18.9 Å². The van der Waals surface area contributed by atoms with E-state index in [0.717, 1.165) is 93.2 Å². The van der Waals surface area contributed by atoms with Crippen LogP contribution in [-0.4, -0.2) is 35.6 Å². The smallest absolute Gasteiger partial charge is 0.315 e. The van der Waals surface area contributed by atoms with Gasteiger partial charge in [0.05, 0.1) is 25.9 Å². The van der Waals surface area contributed by atoms with Crippen LogP contribution in [-0.2, 0) is 22.6 Å². The Morgan fingerprint density at radius 3 is 2.22 bits per heavy atom. The van der Waals surface area contributed by atoms with Gasteiger partial charge in [0.25, 0.3) is 0 Å². The van der Waals surface area contributed by atoms with Crippen LogP contribution < -0.4 is 15.4 Å². The van der Waals surface area contributed by atoms with Crippen molar-refractivity contribution in [2.24, 2.45) is 17.8 Å². The zero-order valence-corrected chi connectivity index (χ0v) is 30.1. The second-order valence-electron chi connectivity index (χ2n) is 15.1. The molecule has 2 amide bonds. The van der Waals surface area contributed by atoms with Crippen LogP contribution in [0.25, 0.3) is 11.1 Å². The lowest BCUT2D eigenvalue weighted by atomic mass is 9.53. The molecule has 4 saturated carbocycles. The molecule has 3 atom stereocenters. The van der Waals surface area contributed by atoms with E-state index in [1.165, 1.54) is 19.3 Å². The first-order valence-corrected chi connectivity index (χ1v) is 19.4. The summed E-state index contributed by atoms with van der Waals surface area (Å²) in [6.07, 6.45) is 7.53. The number of urea groups is 1. The summed E-state index contributed by atoms with van der Waals surface area (Å²) < 4.78 is 18.8. The first-order chi connectivity index (χ1) is 24.9. The Morgan fingerprint density at radius 1 is 0.804 bits per heavy atom. The molecule has 1 aliphatic heterocycles. The summed E-state index contributed by atoms with van der Waals surface area (Å²) in [6, 6.07) is 32.8. The number of hydrogen-bond donors (Lipinski definition) is 3. The lowest BCUT2D eigenvalue weighted by molar-refractivity contribution is -0.245. The monoisotopic (exact) mass is 704 g/mol. The van der Waals surface area contributed by atoms with Crippen LogP contribution in [0.2, 0.25) is 0 Å². The number of methoxy groups -OCH3 is 1. The van der Waals surface area contributed by atoms with Gasteiger partial charge in [-0.05, 0) is 102 Å². The summed E-state index contributed by atoms with van der Waals surface area (Å²) in [5, 5.41) is 16.2. The molecule has 266 valence electrons. The highest BCUT2D eigenvalue weighted by molar-refractivity contribution is 7.99. The van der Waals surface area contributed by atoms with Crippen molar-refractivity contribution in [3.05, 3.63) is 119 Å². The van der Waals surface area contributed by atoms with Gasteiger partial charge in [-0.2, -0.15) is 0 Å². The minimum Gasteiger partial charge on any atom is -0.496 e. The average Bonchev–Trinajstić information content (AvgIpc) is 3.16. The number of aliphatic hydroxyl groups is 1. The van der Waals surface area contributed by atoms with E-state index in [-0.39, 0.29) is 30.4 Å².